The molecule has 3 atom stereocenters. The summed E-state index contributed by atoms with van der Waals surface area (Å²) in [6, 6.07) is 0. The van der Waals surface area contributed by atoms with Crippen LogP contribution in [0.25, 0.3) is 0 Å². The summed E-state index contributed by atoms with van der Waals surface area (Å²) in [5.41, 5.74) is -0.227. The maximum Gasteiger partial charge on any atom is 0.0704 e. The monoisotopic (exact) mass is 201 g/mol. The molecule has 1 saturated heterocycles. The molecule has 3 unspecified atom stereocenters. The highest BCUT2D eigenvalue weighted by atomic mass is 16.5. The third-order valence-corrected chi connectivity index (χ3v) is 3.15. The summed E-state index contributed by atoms with van der Waals surface area (Å²) >= 11 is 0. The Kier molecular flexibility index (Phi) is 3.93. The highest BCUT2D eigenvalue weighted by Gasteiger charge is 2.27. The number of nitrogens with one attached hydrogen (secondary N) is 1. The second-order valence-corrected chi connectivity index (χ2v) is 4.92. The van der Waals surface area contributed by atoms with Crippen LogP contribution in [0, 0.1) is 0 Å². The van der Waals surface area contributed by atoms with E-state index in [1.54, 1.807) is 0 Å². The molecule has 3 heteroatoms. The largest absolute Gasteiger partial charge is 0.392 e. The molecule has 1 aliphatic rings. The van der Waals surface area contributed by atoms with Crippen LogP contribution in [0.15, 0.2) is 0 Å². The van der Waals surface area contributed by atoms with Crippen LogP contribution in [-0.4, -0.2) is 35.5 Å². The number of aliphatic hydroxyl groups excluding tert-OH is 1. The zero-order valence-corrected chi connectivity index (χ0v) is 9.71. The zero-order valence-electron chi connectivity index (χ0n) is 9.71. The van der Waals surface area contributed by atoms with E-state index in [1.165, 1.54) is 0 Å². The van der Waals surface area contributed by atoms with E-state index in [0.717, 1.165) is 19.4 Å². The topological polar surface area (TPSA) is 41.5 Å². The first kappa shape index (κ1) is 12.0. The van der Waals surface area contributed by atoms with Gasteiger partial charge in [0, 0.05) is 12.1 Å². The number of hydrogen-bond acceptors (Lipinski definition) is 3. The Hall–Kier alpha value is -0.120. The van der Waals surface area contributed by atoms with Gasteiger partial charge in [0.05, 0.1) is 18.3 Å². The molecule has 1 aliphatic heterocycles. The van der Waals surface area contributed by atoms with Crippen molar-refractivity contribution in [2.45, 2.75) is 64.4 Å². The van der Waals surface area contributed by atoms with Gasteiger partial charge in [-0.2, -0.15) is 0 Å². The predicted molar refractivity (Wildman–Crippen MR) is 57.3 cm³/mol. The summed E-state index contributed by atoms with van der Waals surface area (Å²) in [5.74, 6) is 0. The van der Waals surface area contributed by atoms with E-state index in [2.05, 4.69) is 12.2 Å². The van der Waals surface area contributed by atoms with E-state index >= 15 is 0 Å². The number of ether oxygens (including phenoxy) is 1. The Bertz CT molecular complexity index is 180. The van der Waals surface area contributed by atoms with Crippen LogP contribution in [0.4, 0.5) is 0 Å². The molecule has 0 radical (unpaired) electrons. The number of aliphatic hydroxyl groups is 1. The van der Waals surface area contributed by atoms with Gasteiger partial charge in [0.2, 0.25) is 0 Å². The molecule has 3 nitrogen and oxygen atoms in total. The standard InChI is InChI=1S/C11H23NO2/c1-8-5-6-10(14-8)7-12-11(3,4)9(2)13/h8-10,12-13H,5-7H2,1-4H3. The maximum absolute atomic E-state index is 9.50. The summed E-state index contributed by atoms with van der Waals surface area (Å²) in [6.45, 7) is 8.78. The fourth-order valence-corrected chi connectivity index (χ4v) is 1.56. The second-order valence-electron chi connectivity index (χ2n) is 4.92. The minimum atomic E-state index is -0.346. The quantitative estimate of drug-likeness (QED) is 0.720. The van der Waals surface area contributed by atoms with Crippen LogP contribution in [0.1, 0.15) is 40.5 Å². The molecular formula is C11H23NO2. The third-order valence-electron chi connectivity index (χ3n) is 3.15. The van der Waals surface area contributed by atoms with Crippen LogP contribution in [0.2, 0.25) is 0 Å². The molecule has 0 saturated carbocycles. The highest BCUT2D eigenvalue weighted by Crippen LogP contribution is 2.19. The van der Waals surface area contributed by atoms with Gasteiger partial charge in [0.25, 0.3) is 0 Å². The lowest BCUT2D eigenvalue weighted by atomic mass is 9.98. The van der Waals surface area contributed by atoms with Crippen molar-refractivity contribution in [3.05, 3.63) is 0 Å². The molecule has 1 rings (SSSR count). The number of hydrogen-bond donors (Lipinski definition) is 2. The fraction of sp³-hybridized carbons (Fsp3) is 1.00. The lowest BCUT2D eigenvalue weighted by Crippen LogP contribution is -2.50. The summed E-state index contributed by atoms with van der Waals surface area (Å²) in [5, 5.41) is 12.8. The van der Waals surface area contributed by atoms with Crippen molar-refractivity contribution in [3.8, 4) is 0 Å². The van der Waals surface area contributed by atoms with E-state index < -0.39 is 0 Å². The van der Waals surface area contributed by atoms with Gasteiger partial charge in [-0.15, -0.1) is 0 Å². The Balaban J connectivity index is 2.26. The van der Waals surface area contributed by atoms with E-state index in [9.17, 15) is 5.11 Å². The van der Waals surface area contributed by atoms with Gasteiger partial charge in [-0.25, -0.2) is 0 Å². The molecule has 0 aromatic carbocycles. The molecule has 1 heterocycles. The van der Waals surface area contributed by atoms with E-state index in [1.807, 2.05) is 20.8 Å². The van der Waals surface area contributed by atoms with Crippen LogP contribution >= 0.6 is 0 Å². The van der Waals surface area contributed by atoms with Crippen molar-refractivity contribution >= 4 is 0 Å². The zero-order chi connectivity index (χ0) is 10.8. The van der Waals surface area contributed by atoms with Crippen molar-refractivity contribution in [2.75, 3.05) is 6.54 Å². The van der Waals surface area contributed by atoms with Gasteiger partial charge in [-0.05, 0) is 40.5 Å². The van der Waals surface area contributed by atoms with Gasteiger partial charge in [-0.3, -0.25) is 0 Å². The summed E-state index contributed by atoms with van der Waals surface area (Å²) in [6.07, 6.45) is 2.66. The van der Waals surface area contributed by atoms with Gasteiger partial charge < -0.3 is 15.2 Å². The molecule has 0 aliphatic carbocycles. The van der Waals surface area contributed by atoms with Gasteiger partial charge in [0.1, 0.15) is 0 Å². The van der Waals surface area contributed by atoms with Crippen molar-refractivity contribution in [1.29, 1.82) is 0 Å². The second kappa shape index (κ2) is 4.60. The molecule has 0 bridgehead atoms. The molecule has 0 spiro atoms. The molecule has 2 N–H and O–H groups in total. The first-order chi connectivity index (χ1) is 6.42. The number of rotatable bonds is 4. The van der Waals surface area contributed by atoms with Gasteiger partial charge in [0.15, 0.2) is 0 Å². The van der Waals surface area contributed by atoms with Crippen molar-refractivity contribution in [2.24, 2.45) is 0 Å². The summed E-state index contributed by atoms with van der Waals surface area (Å²) in [4.78, 5) is 0. The minimum absolute atomic E-state index is 0.227. The predicted octanol–water partition coefficient (Wildman–Crippen LogP) is 1.30. The third kappa shape index (κ3) is 3.23. The average Bonchev–Trinajstić information content (AvgIpc) is 2.48. The van der Waals surface area contributed by atoms with Crippen LogP contribution in [0.3, 0.4) is 0 Å². The van der Waals surface area contributed by atoms with Crippen molar-refractivity contribution in [1.82, 2.24) is 5.32 Å². The molecule has 0 amide bonds. The maximum atomic E-state index is 9.50. The molecule has 1 fully saturated rings. The Morgan fingerprint density at radius 3 is 2.57 bits per heavy atom. The molecule has 84 valence electrons. The Morgan fingerprint density at radius 2 is 2.14 bits per heavy atom. The van der Waals surface area contributed by atoms with Crippen LogP contribution in [0.5, 0.6) is 0 Å². The normalized spacial score (nSPS) is 30.6. The molecule has 0 aromatic heterocycles. The SMILES string of the molecule is CC1CCC(CNC(C)(C)C(C)O)O1. The highest BCUT2D eigenvalue weighted by molar-refractivity contribution is 4.85. The van der Waals surface area contributed by atoms with Gasteiger partial charge >= 0.3 is 0 Å². The lowest BCUT2D eigenvalue weighted by molar-refractivity contribution is 0.0386. The van der Waals surface area contributed by atoms with Crippen molar-refractivity contribution < 1.29 is 9.84 Å². The van der Waals surface area contributed by atoms with E-state index in [0.29, 0.717) is 12.2 Å². The van der Waals surface area contributed by atoms with Crippen LogP contribution < -0.4 is 5.32 Å². The Labute approximate surface area is 86.8 Å². The molecular weight excluding hydrogens is 178 g/mol. The van der Waals surface area contributed by atoms with Crippen molar-refractivity contribution in [3.63, 3.8) is 0 Å². The van der Waals surface area contributed by atoms with Gasteiger partial charge in [-0.1, -0.05) is 0 Å². The first-order valence-electron chi connectivity index (χ1n) is 5.50. The first-order valence-corrected chi connectivity index (χ1v) is 5.50. The summed E-state index contributed by atoms with van der Waals surface area (Å²) < 4.78 is 5.69. The smallest absolute Gasteiger partial charge is 0.0704 e. The van der Waals surface area contributed by atoms with E-state index in [-0.39, 0.29) is 11.6 Å². The molecule has 0 aromatic rings. The fourth-order valence-electron chi connectivity index (χ4n) is 1.56. The lowest BCUT2D eigenvalue weighted by Gasteiger charge is -2.30. The minimum Gasteiger partial charge on any atom is -0.392 e. The molecule has 14 heavy (non-hydrogen) atoms. The van der Waals surface area contributed by atoms with Crippen LogP contribution in [-0.2, 0) is 4.74 Å². The Morgan fingerprint density at radius 1 is 1.50 bits per heavy atom. The van der Waals surface area contributed by atoms with E-state index in [4.69, 9.17) is 4.74 Å². The average molecular weight is 201 g/mol. The summed E-state index contributed by atoms with van der Waals surface area (Å²) in [7, 11) is 0.